The van der Waals surface area contributed by atoms with Gasteiger partial charge in [0.1, 0.15) is 5.75 Å². The van der Waals surface area contributed by atoms with Gasteiger partial charge in [-0.1, -0.05) is 18.7 Å². The highest BCUT2D eigenvalue weighted by Crippen LogP contribution is 2.28. The number of rotatable bonds is 2. The average molecular weight is 219 g/mol. The van der Waals surface area contributed by atoms with Crippen molar-refractivity contribution in [3.8, 4) is 5.75 Å². The number of phenols is 1. The van der Waals surface area contributed by atoms with Gasteiger partial charge in [0.2, 0.25) is 0 Å². The van der Waals surface area contributed by atoms with Crippen molar-refractivity contribution in [1.29, 1.82) is 0 Å². The molecule has 0 amide bonds. The molecule has 0 aromatic heterocycles. The van der Waals surface area contributed by atoms with Gasteiger partial charge >= 0.3 is 0 Å². The number of aromatic hydroxyl groups is 1. The molecule has 0 atom stereocenters. The molecule has 70 valence electrons. The molecule has 0 spiro atoms. The molecule has 3 nitrogen and oxygen atoms in total. The number of benzene rings is 1. The number of phenolic OH excluding ortho intramolecular Hbond substituents is 1. The predicted molar refractivity (Wildman–Crippen MR) is 51.9 cm³/mol. The standard InChI is InChI=1S/C8H7ClO3S/c1-6(13(9,11)12)7-4-2-3-5-8(7)10/h2-5,10H,1H2. The third-order valence-corrected chi connectivity index (χ3v) is 2.87. The Labute approximate surface area is 80.7 Å². The van der Waals surface area contributed by atoms with E-state index in [1.165, 1.54) is 12.1 Å². The van der Waals surface area contributed by atoms with Gasteiger partial charge in [0.25, 0.3) is 9.05 Å². The van der Waals surface area contributed by atoms with Crippen LogP contribution in [0.15, 0.2) is 30.8 Å². The smallest absolute Gasteiger partial charge is 0.261 e. The molecule has 0 bridgehead atoms. The van der Waals surface area contributed by atoms with Gasteiger partial charge in [0, 0.05) is 16.2 Å². The minimum absolute atomic E-state index is 0.123. The molecular formula is C8H7ClO3S. The van der Waals surface area contributed by atoms with Crippen LogP contribution >= 0.6 is 10.7 Å². The summed E-state index contributed by atoms with van der Waals surface area (Å²) in [6.45, 7) is 3.28. The van der Waals surface area contributed by atoms with Crippen molar-refractivity contribution in [1.82, 2.24) is 0 Å². The summed E-state index contributed by atoms with van der Waals surface area (Å²) in [7, 11) is 1.19. The van der Waals surface area contributed by atoms with Crippen molar-refractivity contribution in [2.75, 3.05) is 0 Å². The Morgan fingerprint density at radius 1 is 1.38 bits per heavy atom. The van der Waals surface area contributed by atoms with Gasteiger partial charge in [-0.15, -0.1) is 0 Å². The van der Waals surface area contributed by atoms with Crippen LogP contribution in [-0.4, -0.2) is 13.5 Å². The Morgan fingerprint density at radius 2 is 1.92 bits per heavy atom. The van der Waals surface area contributed by atoms with Crippen LogP contribution in [0.2, 0.25) is 0 Å². The van der Waals surface area contributed by atoms with Gasteiger partial charge in [0.15, 0.2) is 0 Å². The first-order valence-electron chi connectivity index (χ1n) is 3.35. The van der Waals surface area contributed by atoms with Crippen LogP contribution in [0, 0.1) is 0 Å². The molecule has 1 aromatic carbocycles. The summed E-state index contributed by atoms with van der Waals surface area (Å²) in [4.78, 5) is -0.299. The maximum absolute atomic E-state index is 10.8. The lowest BCUT2D eigenvalue weighted by atomic mass is 10.2. The molecule has 1 N–H and O–H groups in total. The van der Waals surface area contributed by atoms with Crippen molar-refractivity contribution >= 4 is 24.6 Å². The lowest BCUT2D eigenvalue weighted by Gasteiger charge is -2.03. The quantitative estimate of drug-likeness (QED) is 0.772. The maximum atomic E-state index is 10.8. The lowest BCUT2D eigenvalue weighted by molar-refractivity contribution is 0.474. The average Bonchev–Trinajstić information content (AvgIpc) is 2.02. The van der Waals surface area contributed by atoms with E-state index in [0.717, 1.165) is 0 Å². The number of hydrogen-bond acceptors (Lipinski definition) is 3. The highest BCUT2D eigenvalue weighted by molar-refractivity contribution is 8.21. The summed E-state index contributed by atoms with van der Waals surface area (Å²) in [6, 6.07) is 5.95. The number of para-hydroxylation sites is 1. The molecule has 1 aromatic rings. The van der Waals surface area contributed by atoms with Gasteiger partial charge in [-0.25, -0.2) is 8.42 Å². The van der Waals surface area contributed by atoms with Crippen LogP contribution < -0.4 is 0 Å². The lowest BCUT2D eigenvalue weighted by Crippen LogP contribution is -1.92. The normalized spacial score (nSPS) is 11.2. The molecule has 0 saturated carbocycles. The van der Waals surface area contributed by atoms with E-state index >= 15 is 0 Å². The van der Waals surface area contributed by atoms with Gasteiger partial charge in [0.05, 0.1) is 4.91 Å². The fourth-order valence-corrected chi connectivity index (χ4v) is 1.53. The van der Waals surface area contributed by atoms with E-state index in [0.29, 0.717) is 0 Å². The topological polar surface area (TPSA) is 54.4 Å². The second-order valence-corrected chi connectivity index (χ2v) is 4.97. The SMILES string of the molecule is C=C(c1ccccc1O)S(=O)(=O)Cl. The third kappa shape index (κ3) is 2.23. The molecular weight excluding hydrogens is 212 g/mol. The first kappa shape index (κ1) is 10.1. The zero-order valence-corrected chi connectivity index (χ0v) is 8.14. The monoisotopic (exact) mass is 218 g/mol. The first-order chi connectivity index (χ1) is 5.93. The highest BCUT2D eigenvalue weighted by atomic mass is 35.7. The van der Waals surface area contributed by atoms with Crippen LogP contribution in [0.3, 0.4) is 0 Å². The van der Waals surface area contributed by atoms with E-state index < -0.39 is 9.05 Å². The zero-order valence-electron chi connectivity index (χ0n) is 6.57. The predicted octanol–water partition coefficient (Wildman–Crippen LogP) is 1.93. The van der Waals surface area contributed by atoms with Gasteiger partial charge in [-0.05, 0) is 12.1 Å². The summed E-state index contributed by atoms with van der Waals surface area (Å²) in [6.07, 6.45) is 0. The van der Waals surface area contributed by atoms with Crippen molar-refractivity contribution in [3.63, 3.8) is 0 Å². The maximum Gasteiger partial charge on any atom is 0.261 e. The molecule has 5 heteroatoms. The molecule has 0 radical (unpaired) electrons. The van der Waals surface area contributed by atoms with E-state index in [1.807, 2.05) is 0 Å². The summed E-state index contributed by atoms with van der Waals surface area (Å²) >= 11 is 0. The molecule has 0 fully saturated rings. The fourth-order valence-electron chi connectivity index (χ4n) is 0.841. The second-order valence-electron chi connectivity index (χ2n) is 2.38. The van der Waals surface area contributed by atoms with Gasteiger partial charge in [-0.2, -0.15) is 0 Å². The van der Waals surface area contributed by atoms with Gasteiger partial charge in [-0.3, -0.25) is 0 Å². The summed E-state index contributed by atoms with van der Waals surface area (Å²) in [5, 5.41) is 9.26. The zero-order chi connectivity index (χ0) is 10.1. The van der Waals surface area contributed by atoms with E-state index in [-0.39, 0.29) is 16.2 Å². The van der Waals surface area contributed by atoms with Crippen LogP contribution in [-0.2, 0) is 9.05 Å². The molecule has 0 saturated heterocycles. The highest BCUT2D eigenvalue weighted by Gasteiger charge is 2.16. The van der Waals surface area contributed by atoms with Crippen LogP contribution in [0.25, 0.3) is 4.91 Å². The molecule has 0 unspecified atom stereocenters. The Morgan fingerprint density at radius 3 is 2.38 bits per heavy atom. The summed E-state index contributed by atoms with van der Waals surface area (Å²) in [5.41, 5.74) is 0.123. The Balaban J connectivity index is 3.26. The van der Waals surface area contributed by atoms with Crippen molar-refractivity contribution in [2.45, 2.75) is 0 Å². The van der Waals surface area contributed by atoms with E-state index in [2.05, 4.69) is 6.58 Å². The third-order valence-electron chi connectivity index (χ3n) is 1.50. The Kier molecular flexibility index (Phi) is 2.63. The Hall–Kier alpha value is -1.00. The van der Waals surface area contributed by atoms with E-state index in [9.17, 15) is 13.5 Å². The number of hydrogen-bond donors (Lipinski definition) is 1. The largest absolute Gasteiger partial charge is 0.507 e. The van der Waals surface area contributed by atoms with Gasteiger partial charge < -0.3 is 5.11 Å². The molecule has 0 heterocycles. The van der Waals surface area contributed by atoms with Crippen LogP contribution in [0.1, 0.15) is 5.56 Å². The minimum atomic E-state index is -3.86. The van der Waals surface area contributed by atoms with Crippen molar-refractivity contribution in [3.05, 3.63) is 36.4 Å². The Bertz CT molecular complexity index is 436. The molecule has 0 aliphatic carbocycles. The second kappa shape index (κ2) is 3.40. The molecule has 13 heavy (non-hydrogen) atoms. The minimum Gasteiger partial charge on any atom is -0.507 e. The molecule has 0 aliphatic rings. The van der Waals surface area contributed by atoms with E-state index in [1.54, 1.807) is 12.1 Å². The number of halogens is 1. The van der Waals surface area contributed by atoms with Crippen LogP contribution in [0.4, 0.5) is 0 Å². The summed E-state index contributed by atoms with van der Waals surface area (Å²) in [5.74, 6) is -0.156. The fraction of sp³-hybridized carbons (Fsp3) is 0. The van der Waals surface area contributed by atoms with E-state index in [4.69, 9.17) is 10.7 Å². The van der Waals surface area contributed by atoms with Crippen LogP contribution in [0.5, 0.6) is 5.75 Å². The first-order valence-corrected chi connectivity index (χ1v) is 5.66. The summed E-state index contributed by atoms with van der Waals surface area (Å²) < 4.78 is 21.7. The molecule has 1 rings (SSSR count). The van der Waals surface area contributed by atoms with Crippen molar-refractivity contribution < 1.29 is 13.5 Å². The van der Waals surface area contributed by atoms with Crippen molar-refractivity contribution in [2.24, 2.45) is 0 Å². The molecule has 0 aliphatic heterocycles.